The molecule has 1 aromatic carbocycles. The molecule has 0 unspecified atom stereocenters. The fourth-order valence-electron chi connectivity index (χ4n) is 2.18. The highest BCUT2D eigenvalue weighted by molar-refractivity contribution is 5.85. The number of hydrogen-bond donors (Lipinski definition) is 2. The van der Waals surface area contributed by atoms with E-state index in [1.54, 1.807) is 12.4 Å². The second-order valence-electron chi connectivity index (χ2n) is 5.40. The molecular weight excluding hydrogens is 288 g/mol. The summed E-state index contributed by atoms with van der Waals surface area (Å²) in [5, 5.41) is 6.55. The number of nitrogens with one attached hydrogen (secondary N) is 2. The first-order valence-corrected chi connectivity index (χ1v) is 7.82. The maximum Gasteiger partial charge on any atom is 0.226 e. The van der Waals surface area contributed by atoms with Crippen LogP contribution >= 0.6 is 0 Å². The van der Waals surface area contributed by atoms with Gasteiger partial charge in [-0.2, -0.15) is 9.97 Å². The summed E-state index contributed by atoms with van der Waals surface area (Å²) < 4.78 is 0. The number of fused-ring (bicyclic) bond motifs is 1. The van der Waals surface area contributed by atoms with E-state index >= 15 is 0 Å². The predicted molar refractivity (Wildman–Crippen MR) is 93.0 cm³/mol. The molecule has 0 amide bonds. The van der Waals surface area contributed by atoms with Crippen molar-refractivity contribution in [2.75, 3.05) is 17.2 Å². The molecule has 3 aromatic rings. The maximum atomic E-state index is 4.55. The molecule has 0 spiro atoms. The molecule has 2 heterocycles. The van der Waals surface area contributed by atoms with Gasteiger partial charge in [0.2, 0.25) is 5.95 Å². The molecule has 23 heavy (non-hydrogen) atoms. The Labute approximate surface area is 135 Å². The molecule has 6 heteroatoms. The molecule has 0 bridgehead atoms. The Bertz CT molecular complexity index is 785. The Hall–Kier alpha value is -2.76. The minimum absolute atomic E-state index is 0.570. The summed E-state index contributed by atoms with van der Waals surface area (Å²) in [6, 6.07) is 8.14. The number of rotatable bonds is 6. The first-order chi connectivity index (χ1) is 11.3. The van der Waals surface area contributed by atoms with Crippen molar-refractivity contribution < 1.29 is 0 Å². The topological polar surface area (TPSA) is 75.6 Å². The zero-order chi connectivity index (χ0) is 16.1. The summed E-state index contributed by atoms with van der Waals surface area (Å²) in [5.41, 5.74) is 3.41. The zero-order valence-corrected chi connectivity index (χ0v) is 13.4. The molecular formula is C17H20N6. The van der Waals surface area contributed by atoms with Crippen molar-refractivity contribution in [2.24, 2.45) is 0 Å². The third-order valence-electron chi connectivity index (χ3n) is 3.46. The van der Waals surface area contributed by atoms with Gasteiger partial charge in [0.15, 0.2) is 17.0 Å². The molecule has 2 N–H and O–H groups in total. The fourth-order valence-corrected chi connectivity index (χ4v) is 2.18. The van der Waals surface area contributed by atoms with Gasteiger partial charge in [0.1, 0.15) is 0 Å². The van der Waals surface area contributed by atoms with Crippen molar-refractivity contribution >= 4 is 28.6 Å². The lowest BCUT2D eigenvalue weighted by atomic mass is 10.2. The van der Waals surface area contributed by atoms with Crippen molar-refractivity contribution in [3.63, 3.8) is 0 Å². The highest BCUT2D eigenvalue weighted by atomic mass is 15.2. The monoisotopic (exact) mass is 308 g/mol. The molecule has 0 aliphatic rings. The van der Waals surface area contributed by atoms with E-state index < -0.39 is 0 Å². The number of hydrogen-bond acceptors (Lipinski definition) is 6. The van der Waals surface area contributed by atoms with E-state index in [9.17, 15) is 0 Å². The molecule has 6 nitrogen and oxygen atoms in total. The van der Waals surface area contributed by atoms with Crippen molar-refractivity contribution in [2.45, 2.75) is 26.7 Å². The smallest absolute Gasteiger partial charge is 0.226 e. The van der Waals surface area contributed by atoms with E-state index in [2.05, 4.69) is 56.5 Å². The predicted octanol–water partition coefficient (Wildman–Crippen LogP) is 3.68. The normalized spacial score (nSPS) is 10.7. The molecule has 0 saturated heterocycles. The van der Waals surface area contributed by atoms with E-state index in [4.69, 9.17) is 0 Å². The van der Waals surface area contributed by atoms with Crippen molar-refractivity contribution in [1.29, 1.82) is 0 Å². The van der Waals surface area contributed by atoms with Crippen LogP contribution in [0.5, 0.6) is 0 Å². The lowest BCUT2D eigenvalue weighted by molar-refractivity contribution is 0.827. The number of nitrogens with zero attached hydrogens (tertiary/aromatic N) is 4. The van der Waals surface area contributed by atoms with E-state index in [-0.39, 0.29) is 0 Å². The standard InChI is InChI=1S/C17H20N6/c1-3-4-9-20-17-22-15-14(18-10-11-19-15)16(23-17)21-13-7-5-12(2)6-8-13/h5-8,10-11H,3-4,9H2,1-2H3,(H2,19,20,21,22,23). The molecule has 3 rings (SSSR count). The van der Waals surface area contributed by atoms with Gasteiger partial charge >= 0.3 is 0 Å². The van der Waals surface area contributed by atoms with Gasteiger partial charge < -0.3 is 10.6 Å². The van der Waals surface area contributed by atoms with Crippen LogP contribution in [0.2, 0.25) is 0 Å². The highest BCUT2D eigenvalue weighted by Gasteiger charge is 2.10. The molecule has 2 aromatic heterocycles. The first-order valence-electron chi connectivity index (χ1n) is 7.82. The number of aromatic nitrogens is 4. The van der Waals surface area contributed by atoms with Crippen molar-refractivity contribution in [3.8, 4) is 0 Å². The third kappa shape index (κ3) is 3.71. The summed E-state index contributed by atoms with van der Waals surface area (Å²) >= 11 is 0. The summed E-state index contributed by atoms with van der Waals surface area (Å²) in [5.74, 6) is 1.23. The van der Waals surface area contributed by atoms with Gasteiger partial charge in [0.25, 0.3) is 0 Å². The third-order valence-corrected chi connectivity index (χ3v) is 3.46. The molecule has 0 radical (unpaired) electrons. The van der Waals surface area contributed by atoms with Gasteiger partial charge in [-0.1, -0.05) is 31.0 Å². The van der Waals surface area contributed by atoms with Crippen LogP contribution < -0.4 is 10.6 Å². The van der Waals surface area contributed by atoms with Gasteiger partial charge in [-0.25, -0.2) is 9.97 Å². The van der Waals surface area contributed by atoms with Crippen LogP contribution in [-0.4, -0.2) is 26.5 Å². The quantitative estimate of drug-likeness (QED) is 0.676. The van der Waals surface area contributed by atoms with Gasteiger partial charge in [0.05, 0.1) is 0 Å². The van der Waals surface area contributed by atoms with E-state index in [1.807, 2.05) is 12.1 Å². The van der Waals surface area contributed by atoms with Crippen LogP contribution in [0.3, 0.4) is 0 Å². The number of anilines is 3. The first kappa shape index (κ1) is 15.1. The summed E-state index contributed by atoms with van der Waals surface area (Å²) in [7, 11) is 0. The molecule has 0 saturated carbocycles. The number of aryl methyl sites for hydroxylation is 1. The molecule has 0 atom stereocenters. The largest absolute Gasteiger partial charge is 0.354 e. The number of benzene rings is 1. The van der Waals surface area contributed by atoms with Crippen LogP contribution in [0, 0.1) is 6.92 Å². The van der Waals surface area contributed by atoms with Gasteiger partial charge in [-0.3, -0.25) is 0 Å². The Balaban J connectivity index is 1.94. The summed E-state index contributed by atoms with van der Waals surface area (Å²) in [6.45, 7) is 5.05. The van der Waals surface area contributed by atoms with Gasteiger partial charge in [-0.05, 0) is 25.5 Å². The van der Waals surface area contributed by atoms with Gasteiger partial charge in [0, 0.05) is 24.6 Å². The van der Waals surface area contributed by atoms with E-state index in [0.717, 1.165) is 25.1 Å². The Morgan fingerprint density at radius 1 is 1.00 bits per heavy atom. The van der Waals surface area contributed by atoms with Crippen LogP contribution in [0.1, 0.15) is 25.3 Å². The lowest BCUT2D eigenvalue weighted by Gasteiger charge is -2.10. The zero-order valence-electron chi connectivity index (χ0n) is 13.4. The van der Waals surface area contributed by atoms with Crippen LogP contribution in [0.25, 0.3) is 11.2 Å². The van der Waals surface area contributed by atoms with Crippen LogP contribution in [0.4, 0.5) is 17.5 Å². The summed E-state index contributed by atoms with van der Waals surface area (Å²) in [4.78, 5) is 17.6. The second kappa shape index (κ2) is 7.00. The SMILES string of the molecule is CCCCNc1nc(Nc2ccc(C)cc2)c2nccnc2n1. The molecule has 0 aliphatic heterocycles. The van der Waals surface area contributed by atoms with E-state index in [0.29, 0.717) is 22.9 Å². The van der Waals surface area contributed by atoms with Gasteiger partial charge in [-0.15, -0.1) is 0 Å². The molecule has 0 fully saturated rings. The average molecular weight is 308 g/mol. The highest BCUT2D eigenvalue weighted by Crippen LogP contribution is 2.22. The van der Waals surface area contributed by atoms with Crippen molar-refractivity contribution in [1.82, 2.24) is 19.9 Å². The van der Waals surface area contributed by atoms with E-state index in [1.165, 1.54) is 5.56 Å². The second-order valence-corrected chi connectivity index (χ2v) is 5.40. The van der Waals surface area contributed by atoms with Crippen LogP contribution in [-0.2, 0) is 0 Å². The Morgan fingerprint density at radius 2 is 1.78 bits per heavy atom. The Morgan fingerprint density at radius 3 is 2.57 bits per heavy atom. The average Bonchev–Trinajstić information content (AvgIpc) is 2.57. The summed E-state index contributed by atoms with van der Waals surface area (Å²) in [6.07, 6.45) is 5.48. The number of unbranched alkanes of at least 4 members (excludes halogenated alkanes) is 1. The Kier molecular flexibility index (Phi) is 4.61. The van der Waals surface area contributed by atoms with Crippen LogP contribution in [0.15, 0.2) is 36.7 Å². The minimum Gasteiger partial charge on any atom is -0.354 e. The fraction of sp³-hybridized carbons (Fsp3) is 0.294. The lowest BCUT2D eigenvalue weighted by Crippen LogP contribution is -2.08. The van der Waals surface area contributed by atoms with Crippen molar-refractivity contribution in [3.05, 3.63) is 42.2 Å². The molecule has 0 aliphatic carbocycles. The maximum absolute atomic E-state index is 4.55. The molecule has 118 valence electrons. The minimum atomic E-state index is 0.570.